The number of furan rings is 1. The lowest BCUT2D eigenvalue weighted by molar-refractivity contribution is 0.0999. The van der Waals surface area contributed by atoms with Crippen LogP contribution in [0.25, 0.3) is 11.0 Å². The number of carbonyl (C=O) groups is 2. The highest BCUT2D eigenvalue weighted by Gasteiger charge is 2.23. The summed E-state index contributed by atoms with van der Waals surface area (Å²) in [6.07, 6.45) is 0. The molecule has 1 aromatic heterocycles. The third kappa shape index (κ3) is 4.64. The number of rotatable bonds is 6. The molecule has 4 rings (SSSR count). The second-order valence-corrected chi connectivity index (χ2v) is 8.12. The van der Waals surface area contributed by atoms with Gasteiger partial charge in [-0.25, -0.2) is 0 Å². The van der Waals surface area contributed by atoms with E-state index in [4.69, 9.17) is 20.8 Å². The second kappa shape index (κ2) is 9.46. The first kappa shape index (κ1) is 21.9. The molecule has 0 radical (unpaired) electrons. The van der Waals surface area contributed by atoms with Gasteiger partial charge in [0.15, 0.2) is 0 Å². The predicted molar refractivity (Wildman–Crippen MR) is 129 cm³/mol. The van der Waals surface area contributed by atoms with Crippen molar-refractivity contribution in [3.8, 4) is 5.75 Å². The van der Waals surface area contributed by atoms with Crippen LogP contribution >= 0.6 is 27.5 Å². The molecule has 2 amide bonds. The maximum atomic E-state index is 13.0. The van der Waals surface area contributed by atoms with Crippen molar-refractivity contribution in [3.05, 3.63) is 87.5 Å². The van der Waals surface area contributed by atoms with Crippen LogP contribution in [0.3, 0.4) is 0 Å². The van der Waals surface area contributed by atoms with Gasteiger partial charge >= 0.3 is 0 Å². The third-order valence-electron chi connectivity index (χ3n) is 4.64. The average molecular weight is 514 g/mol. The molecule has 0 saturated heterocycles. The Morgan fingerprint density at radius 3 is 2.50 bits per heavy atom. The SMILES string of the molecule is CCOc1ccc(NC(=O)c2oc3ccccc3c2NC(=O)c2cc(Br)ccc2Cl)cc1. The van der Waals surface area contributed by atoms with Crippen molar-refractivity contribution in [2.45, 2.75) is 6.92 Å². The van der Waals surface area contributed by atoms with Gasteiger partial charge < -0.3 is 19.8 Å². The predicted octanol–water partition coefficient (Wildman–Crippen LogP) is 6.75. The van der Waals surface area contributed by atoms with Crippen LogP contribution in [-0.4, -0.2) is 18.4 Å². The standard InChI is InChI=1S/C24H18BrClN2O4/c1-2-31-16-10-8-15(9-11-16)27-24(30)22-21(17-5-3-4-6-20(17)32-22)28-23(29)18-13-14(25)7-12-19(18)26/h3-13H,2H2,1H3,(H,27,30)(H,28,29). The molecular weight excluding hydrogens is 496 g/mol. The summed E-state index contributed by atoms with van der Waals surface area (Å²) in [4.78, 5) is 26.0. The zero-order valence-electron chi connectivity index (χ0n) is 16.9. The molecule has 162 valence electrons. The van der Waals surface area contributed by atoms with E-state index in [2.05, 4.69) is 26.6 Å². The van der Waals surface area contributed by atoms with Crippen molar-refractivity contribution in [2.24, 2.45) is 0 Å². The highest BCUT2D eigenvalue weighted by molar-refractivity contribution is 9.10. The molecule has 8 heteroatoms. The normalized spacial score (nSPS) is 10.7. The Kier molecular flexibility index (Phi) is 6.48. The number of benzene rings is 3. The summed E-state index contributed by atoms with van der Waals surface area (Å²) < 4.78 is 11.9. The number of ether oxygens (including phenoxy) is 1. The van der Waals surface area contributed by atoms with Crippen molar-refractivity contribution in [1.29, 1.82) is 0 Å². The Hall–Kier alpha value is -3.29. The molecule has 0 aliphatic rings. The van der Waals surface area contributed by atoms with Crippen LogP contribution in [-0.2, 0) is 0 Å². The molecule has 0 aliphatic heterocycles. The molecule has 0 aliphatic carbocycles. The number of halogens is 2. The molecule has 32 heavy (non-hydrogen) atoms. The zero-order valence-corrected chi connectivity index (χ0v) is 19.3. The first-order valence-corrected chi connectivity index (χ1v) is 11.0. The summed E-state index contributed by atoms with van der Waals surface area (Å²) in [7, 11) is 0. The van der Waals surface area contributed by atoms with Crippen molar-refractivity contribution >= 4 is 61.7 Å². The molecule has 2 N–H and O–H groups in total. The molecule has 0 spiro atoms. The van der Waals surface area contributed by atoms with E-state index in [1.165, 1.54) is 0 Å². The van der Waals surface area contributed by atoms with Crippen LogP contribution in [0.4, 0.5) is 11.4 Å². The van der Waals surface area contributed by atoms with Gasteiger partial charge in [-0.1, -0.05) is 39.7 Å². The van der Waals surface area contributed by atoms with E-state index in [1.807, 2.05) is 6.92 Å². The molecule has 0 saturated carbocycles. The van der Waals surface area contributed by atoms with Crippen LogP contribution in [0.15, 0.2) is 75.6 Å². The van der Waals surface area contributed by atoms with E-state index in [-0.39, 0.29) is 17.0 Å². The molecular formula is C24H18BrClN2O4. The van der Waals surface area contributed by atoms with E-state index in [0.29, 0.717) is 38.5 Å². The summed E-state index contributed by atoms with van der Waals surface area (Å²) in [5, 5.41) is 6.47. The minimum absolute atomic E-state index is 0.0143. The van der Waals surface area contributed by atoms with Crippen LogP contribution in [0, 0.1) is 0 Å². The van der Waals surface area contributed by atoms with Crippen LogP contribution in [0.1, 0.15) is 27.8 Å². The number of anilines is 2. The molecule has 6 nitrogen and oxygen atoms in total. The van der Waals surface area contributed by atoms with E-state index in [0.717, 1.165) is 0 Å². The van der Waals surface area contributed by atoms with Crippen LogP contribution in [0.2, 0.25) is 5.02 Å². The maximum absolute atomic E-state index is 13.0. The van der Waals surface area contributed by atoms with E-state index >= 15 is 0 Å². The quantitative estimate of drug-likeness (QED) is 0.299. The summed E-state index contributed by atoms with van der Waals surface area (Å²) in [6, 6.07) is 19.0. The van der Waals surface area contributed by atoms with E-state index in [1.54, 1.807) is 66.7 Å². The number of fused-ring (bicyclic) bond motifs is 1. The highest BCUT2D eigenvalue weighted by atomic mass is 79.9. The summed E-state index contributed by atoms with van der Waals surface area (Å²) >= 11 is 9.54. The number of para-hydroxylation sites is 1. The lowest BCUT2D eigenvalue weighted by Crippen LogP contribution is -2.17. The first-order chi connectivity index (χ1) is 15.5. The van der Waals surface area contributed by atoms with Gasteiger partial charge in [0.2, 0.25) is 5.76 Å². The summed E-state index contributed by atoms with van der Waals surface area (Å²) in [5.74, 6) is -0.272. The third-order valence-corrected chi connectivity index (χ3v) is 5.46. The van der Waals surface area contributed by atoms with Gasteiger partial charge in [0.05, 0.1) is 17.2 Å². The molecule has 1 heterocycles. The minimum atomic E-state index is -0.499. The Balaban J connectivity index is 1.66. The lowest BCUT2D eigenvalue weighted by atomic mass is 10.1. The Morgan fingerprint density at radius 1 is 1.00 bits per heavy atom. The average Bonchev–Trinajstić information content (AvgIpc) is 3.15. The van der Waals surface area contributed by atoms with Gasteiger partial charge in [0.25, 0.3) is 11.8 Å². The molecule has 4 aromatic rings. The lowest BCUT2D eigenvalue weighted by Gasteiger charge is -2.09. The molecule has 0 bridgehead atoms. The van der Waals surface area contributed by atoms with Crippen LogP contribution in [0.5, 0.6) is 5.75 Å². The largest absolute Gasteiger partial charge is 0.494 e. The number of nitrogens with one attached hydrogen (secondary N) is 2. The smallest absolute Gasteiger partial charge is 0.293 e. The van der Waals surface area contributed by atoms with Gasteiger partial charge in [0, 0.05) is 15.5 Å². The van der Waals surface area contributed by atoms with Gasteiger partial charge in [-0.3, -0.25) is 9.59 Å². The number of carbonyl (C=O) groups excluding carboxylic acids is 2. The van der Waals surface area contributed by atoms with Gasteiger partial charge in [-0.15, -0.1) is 0 Å². The maximum Gasteiger partial charge on any atom is 0.293 e. The molecule has 3 aromatic carbocycles. The van der Waals surface area contributed by atoms with Crippen LogP contribution < -0.4 is 15.4 Å². The van der Waals surface area contributed by atoms with Gasteiger partial charge in [-0.05, 0) is 61.5 Å². The highest BCUT2D eigenvalue weighted by Crippen LogP contribution is 2.33. The Morgan fingerprint density at radius 2 is 1.75 bits per heavy atom. The van der Waals surface area contributed by atoms with Gasteiger partial charge in [0.1, 0.15) is 17.0 Å². The first-order valence-electron chi connectivity index (χ1n) is 9.78. The number of amides is 2. The number of hydrogen-bond donors (Lipinski definition) is 2. The summed E-state index contributed by atoms with van der Waals surface area (Å²) in [6.45, 7) is 2.45. The van der Waals surface area contributed by atoms with Crippen molar-refractivity contribution in [3.63, 3.8) is 0 Å². The van der Waals surface area contributed by atoms with E-state index < -0.39 is 11.8 Å². The Bertz CT molecular complexity index is 1300. The van der Waals surface area contributed by atoms with Crippen molar-refractivity contribution in [2.75, 3.05) is 17.2 Å². The molecule has 0 atom stereocenters. The van der Waals surface area contributed by atoms with Crippen molar-refractivity contribution < 1.29 is 18.7 Å². The fourth-order valence-electron chi connectivity index (χ4n) is 3.17. The second-order valence-electron chi connectivity index (χ2n) is 6.79. The Labute approximate surface area is 197 Å². The summed E-state index contributed by atoms with van der Waals surface area (Å²) in [5.41, 5.74) is 1.57. The zero-order chi connectivity index (χ0) is 22.7. The van der Waals surface area contributed by atoms with Crippen molar-refractivity contribution in [1.82, 2.24) is 0 Å². The van der Waals surface area contributed by atoms with Gasteiger partial charge in [-0.2, -0.15) is 0 Å². The number of hydrogen-bond acceptors (Lipinski definition) is 4. The monoisotopic (exact) mass is 512 g/mol. The fraction of sp³-hybridized carbons (Fsp3) is 0.0833. The van der Waals surface area contributed by atoms with E-state index in [9.17, 15) is 9.59 Å². The fourth-order valence-corrected chi connectivity index (χ4v) is 3.74. The topological polar surface area (TPSA) is 80.6 Å². The molecule has 0 unspecified atom stereocenters. The minimum Gasteiger partial charge on any atom is -0.494 e. The molecule has 0 fully saturated rings.